The summed E-state index contributed by atoms with van der Waals surface area (Å²) in [6, 6.07) is 3.82. The molecule has 0 fully saturated rings. The van der Waals surface area contributed by atoms with Gasteiger partial charge in [-0.05, 0) is 32.1 Å². The number of carbonyl (C=O) groups excluding carboxylic acids is 1. The van der Waals surface area contributed by atoms with Gasteiger partial charge in [0.15, 0.2) is 5.78 Å². The second-order valence-corrected chi connectivity index (χ2v) is 3.56. The molecule has 1 nitrogen and oxygen atoms in total. The van der Waals surface area contributed by atoms with Crippen LogP contribution in [0.3, 0.4) is 0 Å². The molecule has 1 rings (SSSR count). The van der Waals surface area contributed by atoms with Gasteiger partial charge in [0, 0.05) is 4.88 Å². The molecule has 0 bridgehead atoms. The van der Waals surface area contributed by atoms with Crippen molar-refractivity contribution in [2.75, 3.05) is 0 Å². The minimum absolute atomic E-state index is 0.102. The van der Waals surface area contributed by atoms with Gasteiger partial charge in [0.1, 0.15) is 0 Å². The number of carbonyl (C=O) groups is 1. The highest BCUT2D eigenvalue weighted by molar-refractivity contribution is 7.14. The summed E-state index contributed by atoms with van der Waals surface area (Å²) in [4.78, 5) is 13.2. The molecule has 11 heavy (non-hydrogen) atoms. The molecule has 0 aromatic carbocycles. The number of allylic oxidation sites excluding steroid dienone is 2. The molecule has 58 valence electrons. The third-order valence-electron chi connectivity index (χ3n) is 1.30. The van der Waals surface area contributed by atoms with Gasteiger partial charge < -0.3 is 0 Å². The van der Waals surface area contributed by atoms with Gasteiger partial charge in [-0.3, -0.25) is 4.79 Å². The third kappa shape index (κ3) is 2.02. The number of hydrogen-bond acceptors (Lipinski definition) is 2. The Bertz CT molecular complexity index is 284. The van der Waals surface area contributed by atoms with Gasteiger partial charge >= 0.3 is 0 Å². The van der Waals surface area contributed by atoms with Crippen LogP contribution in [0.4, 0.5) is 0 Å². The summed E-state index contributed by atoms with van der Waals surface area (Å²) in [5, 5.41) is 0. The van der Waals surface area contributed by atoms with E-state index in [-0.39, 0.29) is 5.78 Å². The first-order valence-electron chi connectivity index (χ1n) is 3.47. The van der Waals surface area contributed by atoms with Crippen LogP contribution < -0.4 is 0 Å². The number of thiophene rings is 1. The second kappa shape index (κ2) is 3.49. The number of rotatable bonds is 2. The van der Waals surface area contributed by atoms with Crippen molar-refractivity contribution < 1.29 is 4.79 Å². The summed E-state index contributed by atoms with van der Waals surface area (Å²) in [6.45, 7) is 3.84. The van der Waals surface area contributed by atoms with Crippen molar-refractivity contribution in [2.45, 2.75) is 13.8 Å². The fourth-order valence-corrected chi connectivity index (χ4v) is 1.59. The molecule has 0 saturated heterocycles. The standard InChI is InChI=1S/C9H10OS/c1-3-4-8(10)9-6-5-7(2)11-9/h3-6H,1-2H3/b4-3+. The molecule has 1 aromatic heterocycles. The third-order valence-corrected chi connectivity index (χ3v) is 2.32. The van der Waals surface area contributed by atoms with E-state index in [1.807, 2.05) is 26.0 Å². The Morgan fingerprint density at radius 3 is 2.73 bits per heavy atom. The van der Waals surface area contributed by atoms with Gasteiger partial charge in [0.05, 0.1) is 4.88 Å². The zero-order chi connectivity index (χ0) is 8.27. The van der Waals surface area contributed by atoms with Crippen molar-refractivity contribution in [3.05, 3.63) is 34.0 Å². The summed E-state index contributed by atoms with van der Waals surface area (Å²) < 4.78 is 0. The molecule has 1 aromatic rings. The predicted molar refractivity (Wildman–Crippen MR) is 48.2 cm³/mol. The first kappa shape index (κ1) is 8.21. The van der Waals surface area contributed by atoms with Gasteiger partial charge in [-0.1, -0.05) is 6.08 Å². The number of hydrogen-bond donors (Lipinski definition) is 0. The number of aryl methyl sites for hydroxylation is 1. The van der Waals surface area contributed by atoms with E-state index in [0.717, 1.165) is 4.88 Å². The van der Waals surface area contributed by atoms with E-state index in [0.29, 0.717) is 0 Å². The van der Waals surface area contributed by atoms with Gasteiger partial charge in [-0.25, -0.2) is 0 Å². The van der Waals surface area contributed by atoms with Crippen LogP contribution in [0.1, 0.15) is 21.5 Å². The maximum Gasteiger partial charge on any atom is 0.195 e. The Kier molecular flexibility index (Phi) is 2.60. The maximum absolute atomic E-state index is 11.2. The molecule has 2 heteroatoms. The molecule has 0 atom stereocenters. The molecule has 0 unspecified atom stereocenters. The largest absolute Gasteiger partial charge is 0.288 e. The Morgan fingerprint density at radius 1 is 1.55 bits per heavy atom. The van der Waals surface area contributed by atoms with E-state index in [9.17, 15) is 4.79 Å². The van der Waals surface area contributed by atoms with E-state index in [2.05, 4.69) is 0 Å². The highest BCUT2D eigenvalue weighted by Gasteiger charge is 2.02. The van der Waals surface area contributed by atoms with Crippen LogP contribution in [0, 0.1) is 6.92 Å². The highest BCUT2D eigenvalue weighted by atomic mass is 32.1. The minimum atomic E-state index is 0.102. The van der Waals surface area contributed by atoms with Crippen LogP contribution in [0.5, 0.6) is 0 Å². The summed E-state index contributed by atoms with van der Waals surface area (Å²) in [6.07, 6.45) is 3.35. The number of ketones is 1. The SMILES string of the molecule is C/C=C/C(=O)c1ccc(C)s1. The van der Waals surface area contributed by atoms with Crippen molar-refractivity contribution in [1.29, 1.82) is 0 Å². The summed E-state index contributed by atoms with van der Waals surface area (Å²) >= 11 is 1.53. The van der Waals surface area contributed by atoms with E-state index < -0.39 is 0 Å². The quantitative estimate of drug-likeness (QED) is 0.487. The van der Waals surface area contributed by atoms with Crippen LogP contribution in [-0.4, -0.2) is 5.78 Å². The monoisotopic (exact) mass is 166 g/mol. The topological polar surface area (TPSA) is 17.1 Å². The molecule has 0 saturated carbocycles. The van der Waals surface area contributed by atoms with Crippen LogP contribution in [-0.2, 0) is 0 Å². The van der Waals surface area contributed by atoms with Crippen molar-refractivity contribution in [2.24, 2.45) is 0 Å². The van der Waals surface area contributed by atoms with E-state index in [1.165, 1.54) is 16.2 Å². The van der Waals surface area contributed by atoms with Gasteiger partial charge in [0.25, 0.3) is 0 Å². The van der Waals surface area contributed by atoms with Crippen molar-refractivity contribution in [3.63, 3.8) is 0 Å². The first-order chi connectivity index (χ1) is 5.24. The molecule has 0 N–H and O–H groups in total. The Labute approximate surface area is 70.4 Å². The highest BCUT2D eigenvalue weighted by Crippen LogP contribution is 2.15. The zero-order valence-electron chi connectivity index (χ0n) is 6.63. The van der Waals surface area contributed by atoms with Crippen molar-refractivity contribution in [3.8, 4) is 0 Å². The summed E-state index contributed by atoms with van der Waals surface area (Å²) in [5.74, 6) is 0.102. The second-order valence-electron chi connectivity index (χ2n) is 2.27. The average molecular weight is 166 g/mol. The minimum Gasteiger partial charge on any atom is -0.288 e. The van der Waals surface area contributed by atoms with E-state index >= 15 is 0 Å². The van der Waals surface area contributed by atoms with Crippen LogP contribution >= 0.6 is 11.3 Å². The predicted octanol–water partition coefficient (Wildman–Crippen LogP) is 2.82. The lowest BCUT2D eigenvalue weighted by Crippen LogP contribution is -1.87. The molecule has 0 aliphatic rings. The lowest BCUT2D eigenvalue weighted by Gasteiger charge is -1.84. The van der Waals surface area contributed by atoms with Crippen LogP contribution in [0.25, 0.3) is 0 Å². The lowest BCUT2D eigenvalue weighted by atomic mass is 10.3. The van der Waals surface area contributed by atoms with Crippen LogP contribution in [0.15, 0.2) is 24.3 Å². The average Bonchev–Trinajstić information content (AvgIpc) is 2.36. The summed E-state index contributed by atoms with van der Waals surface area (Å²) in [5.41, 5.74) is 0. The first-order valence-corrected chi connectivity index (χ1v) is 4.29. The molecule has 0 aliphatic heterocycles. The molecule has 0 aliphatic carbocycles. The van der Waals surface area contributed by atoms with Gasteiger partial charge in [-0.15, -0.1) is 11.3 Å². The maximum atomic E-state index is 11.2. The smallest absolute Gasteiger partial charge is 0.195 e. The van der Waals surface area contributed by atoms with Crippen LogP contribution in [0.2, 0.25) is 0 Å². The Morgan fingerprint density at radius 2 is 2.27 bits per heavy atom. The molecule has 1 heterocycles. The molecule has 0 radical (unpaired) electrons. The van der Waals surface area contributed by atoms with Crippen molar-refractivity contribution in [1.82, 2.24) is 0 Å². The van der Waals surface area contributed by atoms with Crippen molar-refractivity contribution >= 4 is 17.1 Å². The Hall–Kier alpha value is -0.890. The fourth-order valence-electron chi connectivity index (χ4n) is 0.800. The fraction of sp³-hybridized carbons (Fsp3) is 0.222. The zero-order valence-corrected chi connectivity index (χ0v) is 7.44. The lowest BCUT2D eigenvalue weighted by molar-refractivity contribution is 0.105. The normalized spacial score (nSPS) is 10.7. The van der Waals surface area contributed by atoms with Gasteiger partial charge in [0.2, 0.25) is 0 Å². The Balaban J connectivity index is 2.85. The van der Waals surface area contributed by atoms with Gasteiger partial charge in [-0.2, -0.15) is 0 Å². The van der Waals surface area contributed by atoms with E-state index in [4.69, 9.17) is 0 Å². The summed E-state index contributed by atoms with van der Waals surface area (Å²) in [7, 11) is 0. The molecular formula is C9H10OS. The molecule has 0 amide bonds. The van der Waals surface area contributed by atoms with E-state index in [1.54, 1.807) is 12.2 Å². The molecule has 0 spiro atoms. The molecular weight excluding hydrogens is 156 g/mol.